The van der Waals surface area contributed by atoms with Crippen LogP contribution in [0.2, 0.25) is 0 Å². The number of benzene rings is 1. The summed E-state index contributed by atoms with van der Waals surface area (Å²) in [7, 11) is -3.74. The van der Waals surface area contributed by atoms with Gasteiger partial charge in [0, 0.05) is 12.6 Å². The van der Waals surface area contributed by atoms with Gasteiger partial charge < -0.3 is 16.2 Å². The monoisotopic (exact) mass is 273 g/mol. The van der Waals surface area contributed by atoms with E-state index in [1.54, 1.807) is 6.07 Å². The summed E-state index contributed by atoms with van der Waals surface area (Å²) in [5.41, 5.74) is 6.69. The number of nitrogens with one attached hydrogen (secondary N) is 1. The van der Waals surface area contributed by atoms with Gasteiger partial charge in [-0.15, -0.1) is 0 Å². The third-order valence-corrected chi connectivity index (χ3v) is 3.79. The van der Waals surface area contributed by atoms with E-state index in [0.717, 1.165) is 0 Å². The van der Waals surface area contributed by atoms with Crippen molar-refractivity contribution in [3.63, 3.8) is 0 Å². The zero-order chi connectivity index (χ0) is 13.9. The summed E-state index contributed by atoms with van der Waals surface area (Å²) in [6.45, 7) is 3.86. The van der Waals surface area contributed by atoms with E-state index < -0.39 is 10.0 Å². The van der Waals surface area contributed by atoms with Gasteiger partial charge in [0.05, 0.1) is 16.3 Å². The molecule has 6 N–H and O–H groups in total. The molecule has 0 saturated carbocycles. The molecule has 0 spiro atoms. The van der Waals surface area contributed by atoms with Crippen LogP contribution in [-0.2, 0) is 10.0 Å². The minimum Gasteiger partial charge on any atom is -0.397 e. The van der Waals surface area contributed by atoms with E-state index in [2.05, 4.69) is 5.32 Å². The van der Waals surface area contributed by atoms with Crippen LogP contribution in [0.15, 0.2) is 23.1 Å². The van der Waals surface area contributed by atoms with Gasteiger partial charge in [0.2, 0.25) is 10.0 Å². The van der Waals surface area contributed by atoms with Gasteiger partial charge in [-0.2, -0.15) is 0 Å². The maximum absolute atomic E-state index is 11.1. The van der Waals surface area contributed by atoms with Crippen molar-refractivity contribution in [3.8, 4) is 0 Å². The fraction of sp³-hybridized carbons (Fsp3) is 0.455. The number of primary sulfonamides is 1. The average Bonchev–Trinajstić information content (AvgIpc) is 2.29. The Morgan fingerprint density at radius 2 is 2.00 bits per heavy atom. The maximum atomic E-state index is 11.1. The number of nitrogen functional groups attached to an aromatic ring is 1. The first-order valence-corrected chi connectivity index (χ1v) is 7.10. The lowest BCUT2D eigenvalue weighted by atomic mass is 10.0. The summed E-state index contributed by atoms with van der Waals surface area (Å²) in [6.07, 6.45) is 0. The first-order valence-electron chi connectivity index (χ1n) is 5.55. The summed E-state index contributed by atoms with van der Waals surface area (Å²) >= 11 is 0. The second kappa shape index (κ2) is 5.55. The van der Waals surface area contributed by atoms with Crippen LogP contribution < -0.4 is 16.2 Å². The Kier molecular flexibility index (Phi) is 4.55. The van der Waals surface area contributed by atoms with Crippen molar-refractivity contribution in [2.45, 2.75) is 24.8 Å². The first-order chi connectivity index (χ1) is 8.25. The fourth-order valence-corrected chi connectivity index (χ4v) is 1.94. The molecule has 0 amide bonds. The van der Waals surface area contributed by atoms with Gasteiger partial charge in [-0.05, 0) is 31.0 Å². The molecular weight excluding hydrogens is 254 g/mol. The molecule has 2 atom stereocenters. The van der Waals surface area contributed by atoms with Crippen molar-refractivity contribution in [2.75, 3.05) is 17.7 Å². The molecule has 0 aromatic heterocycles. The summed E-state index contributed by atoms with van der Waals surface area (Å²) in [5.74, 6) is 0.0577. The first kappa shape index (κ1) is 14.7. The maximum Gasteiger partial charge on any atom is 0.238 e. The number of sulfonamides is 1. The number of aliphatic hydroxyl groups excluding tert-OH is 1. The second-order valence-corrected chi connectivity index (χ2v) is 5.95. The van der Waals surface area contributed by atoms with Crippen LogP contribution in [0, 0.1) is 5.92 Å². The average molecular weight is 273 g/mol. The third-order valence-electron chi connectivity index (χ3n) is 2.88. The van der Waals surface area contributed by atoms with Crippen LogP contribution in [0.4, 0.5) is 11.4 Å². The van der Waals surface area contributed by atoms with E-state index in [1.165, 1.54) is 12.1 Å². The number of hydrogen-bond acceptors (Lipinski definition) is 5. The Morgan fingerprint density at radius 3 is 2.44 bits per heavy atom. The van der Waals surface area contributed by atoms with E-state index >= 15 is 0 Å². The van der Waals surface area contributed by atoms with Crippen molar-refractivity contribution >= 4 is 21.4 Å². The summed E-state index contributed by atoms with van der Waals surface area (Å²) in [6, 6.07) is 4.28. The summed E-state index contributed by atoms with van der Waals surface area (Å²) in [4.78, 5) is -0.0200. The lowest BCUT2D eigenvalue weighted by Gasteiger charge is -2.21. The third kappa shape index (κ3) is 3.59. The van der Waals surface area contributed by atoms with Gasteiger partial charge >= 0.3 is 0 Å². The number of anilines is 2. The predicted molar refractivity (Wildman–Crippen MR) is 71.6 cm³/mol. The molecule has 1 aromatic carbocycles. The van der Waals surface area contributed by atoms with Crippen LogP contribution in [0.25, 0.3) is 0 Å². The van der Waals surface area contributed by atoms with Crippen molar-refractivity contribution in [1.29, 1.82) is 0 Å². The highest BCUT2D eigenvalue weighted by Gasteiger charge is 2.14. The topological polar surface area (TPSA) is 118 Å². The molecule has 0 aliphatic rings. The summed E-state index contributed by atoms with van der Waals surface area (Å²) in [5, 5.41) is 17.2. The van der Waals surface area contributed by atoms with Gasteiger partial charge in [0.25, 0.3) is 0 Å². The number of rotatable bonds is 5. The molecule has 6 nitrogen and oxygen atoms in total. The Hall–Kier alpha value is -1.31. The lowest BCUT2D eigenvalue weighted by molar-refractivity contribution is 0.226. The largest absolute Gasteiger partial charge is 0.397 e. The minimum atomic E-state index is -3.74. The Labute approximate surface area is 107 Å². The van der Waals surface area contributed by atoms with Crippen molar-refractivity contribution < 1.29 is 13.5 Å². The van der Waals surface area contributed by atoms with Crippen LogP contribution >= 0.6 is 0 Å². The molecule has 1 rings (SSSR count). The summed E-state index contributed by atoms with van der Waals surface area (Å²) < 4.78 is 22.3. The van der Waals surface area contributed by atoms with Crippen LogP contribution in [0.3, 0.4) is 0 Å². The second-order valence-electron chi connectivity index (χ2n) is 4.39. The van der Waals surface area contributed by atoms with Gasteiger partial charge in [-0.3, -0.25) is 0 Å². The van der Waals surface area contributed by atoms with Crippen LogP contribution in [-0.4, -0.2) is 26.2 Å². The van der Waals surface area contributed by atoms with Crippen molar-refractivity contribution in [1.82, 2.24) is 0 Å². The zero-order valence-corrected chi connectivity index (χ0v) is 11.2. The van der Waals surface area contributed by atoms with E-state index in [4.69, 9.17) is 16.0 Å². The molecule has 0 aliphatic carbocycles. The molecule has 0 saturated heterocycles. The number of aliphatic hydroxyl groups is 1. The molecule has 0 radical (unpaired) electrons. The van der Waals surface area contributed by atoms with Gasteiger partial charge in [0.15, 0.2) is 0 Å². The van der Waals surface area contributed by atoms with E-state index in [1.807, 2.05) is 13.8 Å². The van der Waals surface area contributed by atoms with Crippen molar-refractivity contribution in [3.05, 3.63) is 18.2 Å². The van der Waals surface area contributed by atoms with Crippen LogP contribution in [0.1, 0.15) is 13.8 Å². The number of nitrogens with two attached hydrogens (primary N) is 2. The highest BCUT2D eigenvalue weighted by molar-refractivity contribution is 7.89. The van der Waals surface area contributed by atoms with E-state index in [-0.39, 0.29) is 23.5 Å². The predicted octanol–water partition coefficient (Wildman–Crippen LogP) is 0.345. The van der Waals surface area contributed by atoms with Gasteiger partial charge in [-0.1, -0.05) is 6.92 Å². The van der Waals surface area contributed by atoms with E-state index in [0.29, 0.717) is 11.4 Å². The molecule has 7 heteroatoms. The Balaban J connectivity index is 2.94. The molecular formula is C11H19N3O3S. The smallest absolute Gasteiger partial charge is 0.238 e. The quantitative estimate of drug-likeness (QED) is 0.577. The van der Waals surface area contributed by atoms with Crippen LogP contribution in [0.5, 0.6) is 0 Å². The Morgan fingerprint density at radius 1 is 1.39 bits per heavy atom. The molecule has 0 bridgehead atoms. The van der Waals surface area contributed by atoms with Gasteiger partial charge in [0.1, 0.15) is 0 Å². The molecule has 2 unspecified atom stereocenters. The standard InChI is InChI=1S/C11H19N3O3S/c1-7(6-15)8(2)14-11-4-3-9(5-10(11)12)18(13,16)17/h3-5,7-8,14-15H,6,12H2,1-2H3,(H2,13,16,17). The molecule has 102 valence electrons. The highest BCUT2D eigenvalue weighted by Crippen LogP contribution is 2.23. The normalized spacial score (nSPS) is 15.1. The number of hydrogen-bond donors (Lipinski definition) is 4. The van der Waals surface area contributed by atoms with Gasteiger partial charge in [-0.25, -0.2) is 13.6 Å². The van der Waals surface area contributed by atoms with E-state index in [9.17, 15) is 8.42 Å². The highest BCUT2D eigenvalue weighted by atomic mass is 32.2. The van der Waals surface area contributed by atoms with Crippen molar-refractivity contribution in [2.24, 2.45) is 11.1 Å². The molecule has 0 fully saturated rings. The fourth-order valence-electron chi connectivity index (χ4n) is 1.39. The molecule has 1 aromatic rings. The molecule has 18 heavy (non-hydrogen) atoms. The molecule has 0 aliphatic heterocycles. The zero-order valence-electron chi connectivity index (χ0n) is 10.4. The molecule has 0 heterocycles. The minimum absolute atomic E-state index is 0.0117. The SMILES string of the molecule is CC(CO)C(C)Nc1ccc(S(N)(=O)=O)cc1N. The lowest BCUT2D eigenvalue weighted by Crippen LogP contribution is -2.26. The Bertz CT molecular complexity index is 516.